The first kappa shape index (κ1) is 24.8. The van der Waals surface area contributed by atoms with Crippen LogP contribution in [0.25, 0.3) is 17.1 Å². The van der Waals surface area contributed by atoms with Crippen LogP contribution >= 0.6 is 35.0 Å². The Bertz CT molecular complexity index is 1180. The van der Waals surface area contributed by atoms with Crippen molar-refractivity contribution in [2.24, 2.45) is 0 Å². The second-order valence-electron chi connectivity index (χ2n) is 7.54. The molecule has 2 aromatic carbocycles. The van der Waals surface area contributed by atoms with Crippen LogP contribution < -0.4 is 5.32 Å². The van der Waals surface area contributed by atoms with Crippen molar-refractivity contribution in [3.63, 3.8) is 0 Å². The second kappa shape index (κ2) is 10.6. The lowest BCUT2D eigenvalue weighted by molar-refractivity contribution is -0.137. The van der Waals surface area contributed by atoms with E-state index in [2.05, 4.69) is 15.5 Å². The molecule has 0 spiro atoms. The standard InChI is InChI=1S/C22H19Cl2F3N4O2S/c23-14-4-1-3-13(9-14)20-29-30-21(34-12-19(32)28-11-16-5-2-8-33-16)31(20)15-6-7-18(24)17(10-15)22(25,26)27/h1,3-4,6-7,9-10,16H,2,5,8,11-12H2,(H,28,32). The topological polar surface area (TPSA) is 69.0 Å². The monoisotopic (exact) mass is 530 g/mol. The minimum absolute atomic E-state index is 0.000116. The highest BCUT2D eigenvalue weighted by atomic mass is 35.5. The fraction of sp³-hybridized carbons (Fsp3) is 0.318. The van der Waals surface area contributed by atoms with E-state index in [0.29, 0.717) is 23.7 Å². The number of nitrogens with one attached hydrogen (secondary N) is 1. The summed E-state index contributed by atoms with van der Waals surface area (Å²) < 4.78 is 47.5. The molecule has 1 aliphatic heterocycles. The largest absolute Gasteiger partial charge is 0.417 e. The van der Waals surface area contributed by atoms with E-state index in [1.165, 1.54) is 16.7 Å². The SMILES string of the molecule is O=C(CSc1nnc(-c2cccc(Cl)c2)n1-c1ccc(Cl)c(C(F)(F)F)c1)NCC1CCCO1. The third-order valence-corrected chi connectivity index (χ3v) is 6.61. The van der Waals surface area contributed by atoms with Crippen LogP contribution in [0.3, 0.4) is 0 Å². The molecular formula is C22H19Cl2F3N4O2S. The average molecular weight is 531 g/mol. The van der Waals surface area contributed by atoms with Crippen molar-refractivity contribution < 1.29 is 22.7 Å². The number of amides is 1. The number of carbonyl (C=O) groups excluding carboxylic acids is 1. The summed E-state index contributed by atoms with van der Waals surface area (Å²) in [6.07, 6.45) is -2.79. The number of ether oxygens (including phenoxy) is 1. The lowest BCUT2D eigenvalue weighted by Gasteiger charge is -2.15. The Hall–Kier alpha value is -2.27. The molecule has 4 rings (SSSR count). The van der Waals surface area contributed by atoms with Crippen LogP contribution in [0.4, 0.5) is 13.2 Å². The first-order chi connectivity index (χ1) is 16.2. The van der Waals surface area contributed by atoms with Crippen molar-refractivity contribution >= 4 is 40.9 Å². The van der Waals surface area contributed by atoms with Gasteiger partial charge in [-0.15, -0.1) is 10.2 Å². The van der Waals surface area contributed by atoms with Gasteiger partial charge in [-0.3, -0.25) is 9.36 Å². The molecular weight excluding hydrogens is 512 g/mol. The smallest absolute Gasteiger partial charge is 0.376 e. The van der Waals surface area contributed by atoms with E-state index in [4.69, 9.17) is 27.9 Å². The molecule has 1 atom stereocenters. The number of halogens is 5. The van der Waals surface area contributed by atoms with Gasteiger partial charge in [0.1, 0.15) is 0 Å². The van der Waals surface area contributed by atoms with Gasteiger partial charge >= 0.3 is 6.18 Å². The van der Waals surface area contributed by atoms with E-state index < -0.39 is 16.8 Å². The number of hydrogen-bond acceptors (Lipinski definition) is 5. The molecule has 6 nitrogen and oxygen atoms in total. The number of benzene rings is 2. The van der Waals surface area contributed by atoms with Gasteiger partial charge in [-0.2, -0.15) is 13.2 Å². The van der Waals surface area contributed by atoms with Crippen LogP contribution in [-0.2, 0) is 15.7 Å². The van der Waals surface area contributed by atoms with Gasteiger partial charge in [-0.25, -0.2) is 0 Å². The van der Waals surface area contributed by atoms with Gasteiger partial charge in [0.05, 0.1) is 28.1 Å². The number of thioether (sulfide) groups is 1. The molecule has 1 saturated heterocycles. The van der Waals surface area contributed by atoms with Crippen LogP contribution in [0, 0.1) is 0 Å². The molecule has 1 unspecified atom stereocenters. The number of rotatable bonds is 7. The number of alkyl halides is 3. The number of carbonyl (C=O) groups is 1. The van der Waals surface area contributed by atoms with E-state index in [9.17, 15) is 18.0 Å². The van der Waals surface area contributed by atoms with E-state index in [-0.39, 0.29) is 34.4 Å². The molecule has 1 aliphatic rings. The Morgan fingerprint density at radius 2 is 2.03 bits per heavy atom. The molecule has 3 aromatic rings. The first-order valence-corrected chi connectivity index (χ1v) is 12.1. The molecule has 0 bridgehead atoms. The summed E-state index contributed by atoms with van der Waals surface area (Å²) in [5.41, 5.74) is -0.278. The minimum atomic E-state index is -4.65. The zero-order chi connectivity index (χ0) is 24.3. The molecule has 1 fully saturated rings. The van der Waals surface area contributed by atoms with Crippen molar-refractivity contribution in [2.75, 3.05) is 18.9 Å². The zero-order valence-corrected chi connectivity index (χ0v) is 19.9. The molecule has 1 N–H and O–H groups in total. The lowest BCUT2D eigenvalue weighted by Crippen LogP contribution is -2.32. The van der Waals surface area contributed by atoms with Crippen LogP contribution in [0.2, 0.25) is 10.0 Å². The summed E-state index contributed by atoms with van der Waals surface area (Å²) in [4.78, 5) is 12.3. The Balaban J connectivity index is 1.64. The van der Waals surface area contributed by atoms with Gasteiger partial charge in [0.15, 0.2) is 11.0 Å². The van der Waals surface area contributed by atoms with E-state index >= 15 is 0 Å². The van der Waals surface area contributed by atoms with E-state index in [1.807, 2.05) is 0 Å². The maximum Gasteiger partial charge on any atom is 0.417 e. The highest BCUT2D eigenvalue weighted by Crippen LogP contribution is 2.37. The van der Waals surface area contributed by atoms with Gasteiger partial charge in [-0.1, -0.05) is 47.1 Å². The summed E-state index contributed by atoms with van der Waals surface area (Å²) in [7, 11) is 0. The van der Waals surface area contributed by atoms with Gasteiger partial charge in [0.2, 0.25) is 5.91 Å². The normalized spacial score (nSPS) is 16.1. The Kier molecular flexibility index (Phi) is 7.71. The van der Waals surface area contributed by atoms with E-state index in [0.717, 1.165) is 30.7 Å². The zero-order valence-electron chi connectivity index (χ0n) is 17.6. The molecule has 2 heterocycles. The molecule has 0 radical (unpaired) electrons. The molecule has 1 aromatic heterocycles. The third-order valence-electron chi connectivity index (χ3n) is 5.11. The van der Waals surface area contributed by atoms with Gasteiger partial charge in [-0.05, 0) is 43.2 Å². The lowest BCUT2D eigenvalue weighted by atomic mass is 10.1. The van der Waals surface area contributed by atoms with Crippen molar-refractivity contribution in [1.29, 1.82) is 0 Å². The Morgan fingerprint density at radius 1 is 1.21 bits per heavy atom. The number of nitrogens with zero attached hydrogens (tertiary/aromatic N) is 3. The van der Waals surface area contributed by atoms with Crippen molar-refractivity contribution in [3.8, 4) is 17.1 Å². The summed E-state index contributed by atoms with van der Waals surface area (Å²) >= 11 is 13.0. The van der Waals surface area contributed by atoms with Crippen molar-refractivity contribution in [2.45, 2.75) is 30.3 Å². The predicted molar refractivity (Wildman–Crippen MR) is 125 cm³/mol. The van der Waals surface area contributed by atoms with Crippen LogP contribution in [-0.4, -0.2) is 45.7 Å². The molecule has 12 heteroatoms. The van der Waals surface area contributed by atoms with Crippen LogP contribution in [0.5, 0.6) is 0 Å². The fourth-order valence-electron chi connectivity index (χ4n) is 3.49. The second-order valence-corrected chi connectivity index (χ2v) is 9.33. The molecule has 34 heavy (non-hydrogen) atoms. The van der Waals surface area contributed by atoms with E-state index in [1.54, 1.807) is 24.3 Å². The van der Waals surface area contributed by atoms with Crippen molar-refractivity contribution in [1.82, 2.24) is 20.1 Å². The fourth-order valence-corrected chi connectivity index (χ4v) is 4.69. The average Bonchev–Trinajstić information content (AvgIpc) is 3.46. The predicted octanol–water partition coefficient (Wildman–Crippen LogP) is 5.65. The highest BCUT2D eigenvalue weighted by Gasteiger charge is 2.34. The summed E-state index contributed by atoms with van der Waals surface area (Å²) in [6, 6.07) is 10.3. The Labute approximate surface area is 207 Å². The summed E-state index contributed by atoms with van der Waals surface area (Å²) in [5, 5.41) is 11.4. The first-order valence-electron chi connectivity index (χ1n) is 10.3. The maximum absolute atomic E-state index is 13.5. The van der Waals surface area contributed by atoms with Crippen LogP contribution in [0.15, 0.2) is 47.6 Å². The Morgan fingerprint density at radius 3 is 2.74 bits per heavy atom. The maximum atomic E-state index is 13.5. The number of hydrogen-bond donors (Lipinski definition) is 1. The molecule has 1 amide bonds. The van der Waals surface area contributed by atoms with Gasteiger partial charge < -0.3 is 10.1 Å². The molecule has 180 valence electrons. The number of aromatic nitrogens is 3. The van der Waals surface area contributed by atoms with Gasteiger partial charge in [0, 0.05) is 23.7 Å². The minimum Gasteiger partial charge on any atom is -0.376 e. The molecule has 0 aliphatic carbocycles. The van der Waals surface area contributed by atoms with Gasteiger partial charge in [0.25, 0.3) is 0 Å². The molecule has 0 saturated carbocycles. The third kappa shape index (κ3) is 5.86. The summed E-state index contributed by atoms with van der Waals surface area (Å²) in [5.74, 6) is 0.0341. The van der Waals surface area contributed by atoms with Crippen LogP contribution in [0.1, 0.15) is 18.4 Å². The van der Waals surface area contributed by atoms with Crippen molar-refractivity contribution in [3.05, 3.63) is 58.1 Å². The summed E-state index contributed by atoms with van der Waals surface area (Å²) in [6.45, 7) is 1.09. The quantitative estimate of drug-likeness (QED) is 0.400. The highest BCUT2D eigenvalue weighted by molar-refractivity contribution is 7.99.